The molecule has 1 aromatic carbocycles. The van der Waals surface area contributed by atoms with Crippen LogP contribution >= 0.6 is 11.3 Å². The number of benzene rings is 1. The lowest BCUT2D eigenvalue weighted by Gasteiger charge is -2.33. The molecule has 1 N–H and O–H groups in total. The number of nitrogens with one attached hydrogen (secondary N) is 1. The van der Waals surface area contributed by atoms with Gasteiger partial charge >= 0.3 is 0 Å². The second-order valence-corrected chi connectivity index (χ2v) is 8.49. The predicted octanol–water partition coefficient (Wildman–Crippen LogP) is 3.24. The van der Waals surface area contributed by atoms with Crippen molar-refractivity contribution in [2.75, 3.05) is 13.1 Å². The van der Waals surface area contributed by atoms with Gasteiger partial charge in [0.15, 0.2) is 0 Å². The second-order valence-electron chi connectivity index (χ2n) is 7.46. The molecule has 2 fully saturated rings. The van der Waals surface area contributed by atoms with Crippen LogP contribution < -0.4 is 5.32 Å². The molecule has 1 saturated carbocycles. The van der Waals surface area contributed by atoms with E-state index in [0.29, 0.717) is 13.0 Å². The Balaban J connectivity index is 1.24. The van der Waals surface area contributed by atoms with E-state index in [1.807, 2.05) is 52.7 Å². The molecule has 1 aromatic heterocycles. The van der Waals surface area contributed by atoms with Crippen LogP contribution in [0, 0.1) is 11.3 Å². The Kier molecular flexibility index (Phi) is 4.81. The van der Waals surface area contributed by atoms with Crippen LogP contribution in [0.15, 0.2) is 47.8 Å². The van der Waals surface area contributed by atoms with Crippen LogP contribution in [-0.2, 0) is 22.6 Å². The smallest absolute Gasteiger partial charge is 0.227 e. The van der Waals surface area contributed by atoms with E-state index in [4.69, 9.17) is 0 Å². The molecule has 1 aliphatic heterocycles. The van der Waals surface area contributed by atoms with E-state index in [2.05, 4.69) is 5.32 Å². The van der Waals surface area contributed by atoms with Crippen molar-refractivity contribution in [3.05, 3.63) is 58.3 Å². The van der Waals surface area contributed by atoms with Crippen molar-refractivity contribution in [2.24, 2.45) is 11.3 Å². The quantitative estimate of drug-likeness (QED) is 0.881. The van der Waals surface area contributed by atoms with Crippen molar-refractivity contribution in [2.45, 2.75) is 32.2 Å². The lowest BCUT2D eigenvalue weighted by molar-refractivity contribution is -0.132. The molecule has 4 nitrogen and oxygen atoms in total. The minimum atomic E-state index is 0.126. The summed E-state index contributed by atoms with van der Waals surface area (Å²) < 4.78 is 0. The molecule has 2 aliphatic rings. The van der Waals surface area contributed by atoms with Crippen LogP contribution in [0.25, 0.3) is 0 Å². The highest BCUT2D eigenvalue weighted by Gasteiger charge is 2.58. The number of carbonyl (C=O) groups excluding carboxylic acids is 2. The van der Waals surface area contributed by atoms with Crippen LogP contribution in [0.4, 0.5) is 0 Å². The maximum absolute atomic E-state index is 12.5. The van der Waals surface area contributed by atoms with Gasteiger partial charge in [-0.15, -0.1) is 11.3 Å². The molecule has 1 saturated heterocycles. The van der Waals surface area contributed by atoms with Crippen molar-refractivity contribution in [3.8, 4) is 0 Å². The summed E-state index contributed by atoms with van der Waals surface area (Å²) in [6.07, 6.45) is 3.38. The van der Waals surface area contributed by atoms with Crippen LogP contribution in [0.2, 0.25) is 0 Å². The van der Waals surface area contributed by atoms with Crippen molar-refractivity contribution in [1.29, 1.82) is 0 Å². The lowest BCUT2D eigenvalue weighted by Crippen LogP contribution is -2.41. The van der Waals surface area contributed by atoms with Gasteiger partial charge in [-0.2, -0.15) is 0 Å². The van der Waals surface area contributed by atoms with E-state index in [9.17, 15) is 9.59 Å². The predicted molar refractivity (Wildman–Crippen MR) is 103 cm³/mol. The zero-order valence-corrected chi connectivity index (χ0v) is 15.6. The molecule has 26 heavy (non-hydrogen) atoms. The largest absolute Gasteiger partial charge is 0.352 e. The highest BCUT2D eigenvalue weighted by molar-refractivity contribution is 7.10. The highest BCUT2D eigenvalue weighted by atomic mass is 32.1. The van der Waals surface area contributed by atoms with E-state index in [1.54, 1.807) is 11.3 Å². The van der Waals surface area contributed by atoms with E-state index >= 15 is 0 Å². The molecule has 1 spiro atoms. The number of hydrogen-bond acceptors (Lipinski definition) is 3. The molecule has 5 heteroatoms. The molecule has 0 bridgehead atoms. The fourth-order valence-electron chi connectivity index (χ4n) is 4.05. The monoisotopic (exact) mass is 368 g/mol. The summed E-state index contributed by atoms with van der Waals surface area (Å²) in [6, 6.07) is 14.0. The fraction of sp³-hybridized carbons (Fsp3) is 0.429. The number of thiophene rings is 1. The molecular weight excluding hydrogens is 344 g/mol. The third kappa shape index (κ3) is 3.68. The SMILES string of the molecule is O=C(NCc1ccccc1)C1CC12CCN(C(=O)Cc1cccs1)CC2. The van der Waals surface area contributed by atoms with Gasteiger partial charge < -0.3 is 10.2 Å². The summed E-state index contributed by atoms with van der Waals surface area (Å²) >= 11 is 1.63. The summed E-state index contributed by atoms with van der Waals surface area (Å²) in [6.45, 7) is 2.16. The van der Waals surface area contributed by atoms with E-state index < -0.39 is 0 Å². The highest BCUT2D eigenvalue weighted by Crippen LogP contribution is 2.59. The normalized spacial score (nSPS) is 20.8. The summed E-state index contributed by atoms with van der Waals surface area (Å²) in [4.78, 5) is 28.0. The lowest BCUT2D eigenvalue weighted by atomic mass is 9.90. The average Bonchev–Trinajstić information content (AvgIpc) is 3.11. The average molecular weight is 369 g/mol. The summed E-state index contributed by atoms with van der Waals surface area (Å²) in [5, 5.41) is 5.09. The Bertz CT molecular complexity index is 765. The van der Waals surface area contributed by atoms with Gasteiger partial charge in [0.2, 0.25) is 11.8 Å². The Hall–Kier alpha value is -2.14. The first-order valence-electron chi connectivity index (χ1n) is 9.28. The second kappa shape index (κ2) is 7.23. The van der Waals surface area contributed by atoms with Gasteiger partial charge in [0.05, 0.1) is 6.42 Å². The van der Waals surface area contributed by atoms with Gasteiger partial charge in [-0.3, -0.25) is 9.59 Å². The first-order valence-corrected chi connectivity index (χ1v) is 10.2. The maximum Gasteiger partial charge on any atom is 0.227 e. The van der Waals surface area contributed by atoms with Crippen molar-refractivity contribution in [1.82, 2.24) is 10.2 Å². The number of piperidine rings is 1. The van der Waals surface area contributed by atoms with Gasteiger partial charge in [0.25, 0.3) is 0 Å². The fourth-order valence-corrected chi connectivity index (χ4v) is 4.75. The molecule has 136 valence electrons. The van der Waals surface area contributed by atoms with Crippen LogP contribution in [0.1, 0.15) is 29.7 Å². The Morgan fingerprint density at radius 1 is 1.12 bits per heavy atom. The number of rotatable bonds is 5. The van der Waals surface area contributed by atoms with E-state index in [0.717, 1.165) is 42.8 Å². The standard InChI is InChI=1S/C21H24N2O2S/c24-19(13-17-7-4-12-26-17)23-10-8-21(9-11-23)14-18(21)20(25)22-15-16-5-2-1-3-6-16/h1-7,12,18H,8-11,13-15H2,(H,22,25). The van der Waals surface area contributed by atoms with Gasteiger partial charge in [0, 0.05) is 30.4 Å². The Morgan fingerprint density at radius 3 is 2.58 bits per heavy atom. The molecule has 4 rings (SSSR count). The third-order valence-corrected chi connectivity index (χ3v) is 6.71. The topological polar surface area (TPSA) is 49.4 Å². The number of amides is 2. The Labute approximate surface area is 158 Å². The summed E-state index contributed by atoms with van der Waals surface area (Å²) in [5.74, 6) is 0.515. The van der Waals surface area contributed by atoms with Crippen LogP contribution in [0.5, 0.6) is 0 Å². The summed E-state index contributed by atoms with van der Waals surface area (Å²) in [7, 11) is 0. The molecule has 2 heterocycles. The number of nitrogens with zero attached hydrogens (tertiary/aromatic N) is 1. The third-order valence-electron chi connectivity index (χ3n) is 5.83. The van der Waals surface area contributed by atoms with E-state index in [-0.39, 0.29) is 23.1 Å². The zero-order chi connectivity index (χ0) is 18.0. The Morgan fingerprint density at radius 2 is 1.88 bits per heavy atom. The molecule has 1 aliphatic carbocycles. The molecular formula is C21H24N2O2S. The van der Waals surface area contributed by atoms with Gasteiger partial charge in [-0.25, -0.2) is 0 Å². The van der Waals surface area contributed by atoms with E-state index in [1.165, 1.54) is 0 Å². The van der Waals surface area contributed by atoms with Gasteiger partial charge in [-0.05, 0) is 41.7 Å². The maximum atomic E-state index is 12.5. The van der Waals surface area contributed by atoms with Crippen molar-refractivity contribution in [3.63, 3.8) is 0 Å². The van der Waals surface area contributed by atoms with Crippen LogP contribution in [-0.4, -0.2) is 29.8 Å². The number of hydrogen-bond donors (Lipinski definition) is 1. The molecule has 2 aromatic rings. The number of carbonyl (C=O) groups is 2. The van der Waals surface area contributed by atoms with Gasteiger partial charge in [0.1, 0.15) is 0 Å². The summed E-state index contributed by atoms with van der Waals surface area (Å²) in [5.41, 5.74) is 1.27. The zero-order valence-electron chi connectivity index (χ0n) is 14.8. The molecule has 1 atom stereocenters. The molecule has 0 radical (unpaired) electrons. The van der Waals surface area contributed by atoms with Crippen molar-refractivity contribution < 1.29 is 9.59 Å². The number of likely N-dealkylation sites (tertiary alicyclic amines) is 1. The minimum absolute atomic E-state index is 0.126. The minimum Gasteiger partial charge on any atom is -0.352 e. The van der Waals surface area contributed by atoms with Crippen molar-refractivity contribution >= 4 is 23.2 Å². The molecule has 2 amide bonds. The molecule has 1 unspecified atom stereocenters. The first kappa shape index (κ1) is 17.3. The van der Waals surface area contributed by atoms with Gasteiger partial charge in [-0.1, -0.05) is 36.4 Å². The first-order chi connectivity index (χ1) is 12.7. The van der Waals surface area contributed by atoms with Crippen LogP contribution in [0.3, 0.4) is 0 Å².